The minimum absolute atomic E-state index is 0.110. The number of carbonyl (C=O) groups excluding carboxylic acids is 1. The number of para-hydroxylation sites is 1. The van der Waals surface area contributed by atoms with Crippen LogP contribution in [0.5, 0.6) is 0 Å². The molecule has 1 aromatic rings. The number of hydrogen-bond donors (Lipinski definition) is 2. The molecule has 1 fully saturated rings. The van der Waals surface area contributed by atoms with Gasteiger partial charge in [0.15, 0.2) is 0 Å². The maximum atomic E-state index is 12.0. The number of rotatable bonds is 5. The highest BCUT2D eigenvalue weighted by Gasteiger charge is 2.16. The second-order valence-electron chi connectivity index (χ2n) is 5.23. The van der Waals surface area contributed by atoms with Gasteiger partial charge in [-0.3, -0.25) is 0 Å². The predicted molar refractivity (Wildman–Crippen MR) is 80.8 cm³/mol. The van der Waals surface area contributed by atoms with Gasteiger partial charge in [-0.05, 0) is 25.8 Å². The Balaban J connectivity index is 1.89. The third-order valence-corrected chi connectivity index (χ3v) is 3.67. The van der Waals surface area contributed by atoms with E-state index in [1.165, 1.54) is 19.3 Å². The highest BCUT2D eigenvalue weighted by Crippen LogP contribution is 2.19. The standard InChI is InChI=1S/C16H24N2O2/c1-2-20-12-13-8-6-7-11-15(13)18-16(19)17-14-9-4-3-5-10-14/h6-8,11,14H,2-5,9-10,12H2,1H3,(H2,17,18,19). The molecule has 1 aromatic carbocycles. The van der Waals surface area contributed by atoms with Crippen LogP contribution in [0.1, 0.15) is 44.6 Å². The molecule has 4 heteroatoms. The summed E-state index contributed by atoms with van der Waals surface area (Å²) in [6.45, 7) is 3.16. The molecule has 20 heavy (non-hydrogen) atoms. The van der Waals surface area contributed by atoms with E-state index in [0.29, 0.717) is 19.3 Å². The van der Waals surface area contributed by atoms with Gasteiger partial charge in [0.2, 0.25) is 0 Å². The topological polar surface area (TPSA) is 50.4 Å². The second kappa shape index (κ2) is 7.90. The van der Waals surface area contributed by atoms with Crippen molar-refractivity contribution in [2.75, 3.05) is 11.9 Å². The molecule has 0 saturated heterocycles. The Morgan fingerprint density at radius 1 is 1.25 bits per heavy atom. The van der Waals surface area contributed by atoms with Gasteiger partial charge in [-0.25, -0.2) is 4.79 Å². The van der Waals surface area contributed by atoms with Gasteiger partial charge in [-0.2, -0.15) is 0 Å². The molecule has 1 saturated carbocycles. The van der Waals surface area contributed by atoms with Crippen LogP contribution in [0, 0.1) is 0 Å². The summed E-state index contributed by atoms with van der Waals surface area (Å²) in [5, 5.41) is 6.00. The Bertz CT molecular complexity index is 428. The molecule has 2 amide bonds. The van der Waals surface area contributed by atoms with Crippen molar-refractivity contribution in [1.82, 2.24) is 5.32 Å². The van der Waals surface area contributed by atoms with E-state index in [2.05, 4.69) is 10.6 Å². The highest BCUT2D eigenvalue weighted by molar-refractivity contribution is 5.90. The number of ether oxygens (including phenoxy) is 1. The van der Waals surface area contributed by atoms with Crippen LogP contribution in [0.3, 0.4) is 0 Å². The van der Waals surface area contributed by atoms with E-state index in [1.807, 2.05) is 31.2 Å². The largest absolute Gasteiger partial charge is 0.377 e. The van der Waals surface area contributed by atoms with E-state index in [1.54, 1.807) is 0 Å². The fourth-order valence-electron chi connectivity index (χ4n) is 2.57. The number of nitrogens with one attached hydrogen (secondary N) is 2. The molecule has 1 aliphatic carbocycles. The molecular formula is C16H24N2O2. The average molecular weight is 276 g/mol. The van der Waals surface area contributed by atoms with Gasteiger partial charge in [0.25, 0.3) is 0 Å². The molecule has 0 atom stereocenters. The Kier molecular flexibility index (Phi) is 5.87. The molecule has 110 valence electrons. The van der Waals surface area contributed by atoms with Crippen LogP contribution in [-0.4, -0.2) is 18.7 Å². The normalized spacial score (nSPS) is 15.8. The molecule has 0 aromatic heterocycles. The van der Waals surface area contributed by atoms with Gasteiger partial charge >= 0.3 is 6.03 Å². The maximum Gasteiger partial charge on any atom is 0.319 e. The quantitative estimate of drug-likeness (QED) is 0.862. The molecule has 1 aliphatic rings. The minimum atomic E-state index is -0.110. The predicted octanol–water partition coefficient (Wildman–Crippen LogP) is 3.68. The summed E-state index contributed by atoms with van der Waals surface area (Å²) in [5.41, 5.74) is 1.84. The molecule has 0 unspecified atom stereocenters. The molecular weight excluding hydrogens is 252 g/mol. The summed E-state index contributed by atoms with van der Waals surface area (Å²) in [7, 11) is 0. The SMILES string of the molecule is CCOCc1ccccc1NC(=O)NC1CCCCC1. The van der Waals surface area contributed by atoms with E-state index in [0.717, 1.165) is 24.1 Å². The van der Waals surface area contributed by atoms with Gasteiger partial charge < -0.3 is 15.4 Å². The van der Waals surface area contributed by atoms with Crippen LogP contribution in [0.2, 0.25) is 0 Å². The lowest BCUT2D eigenvalue weighted by Crippen LogP contribution is -2.39. The Morgan fingerprint density at radius 2 is 2.00 bits per heavy atom. The number of urea groups is 1. The van der Waals surface area contributed by atoms with Gasteiger partial charge in [-0.1, -0.05) is 37.5 Å². The average Bonchev–Trinajstić information content (AvgIpc) is 2.47. The monoisotopic (exact) mass is 276 g/mol. The first-order valence-corrected chi connectivity index (χ1v) is 7.52. The summed E-state index contributed by atoms with van der Waals surface area (Å²) in [6, 6.07) is 7.98. The van der Waals surface area contributed by atoms with Crippen molar-refractivity contribution < 1.29 is 9.53 Å². The summed E-state index contributed by atoms with van der Waals surface area (Å²) < 4.78 is 5.42. The van der Waals surface area contributed by atoms with Crippen LogP contribution < -0.4 is 10.6 Å². The first-order valence-electron chi connectivity index (χ1n) is 7.52. The molecule has 2 N–H and O–H groups in total. The third-order valence-electron chi connectivity index (χ3n) is 3.67. The van der Waals surface area contributed by atoms with Crippen LogP contribution in [0.15, 0.2) is 24.3 Å². The van der Waals surface area contributed by atoms with Gasteiger partial charge in [0.05, 0.1) is 6.61 Å². The molecule has 0 heterocycles. The summed E-state index contributed by atoms with van der Waals surface area (Å²) >= 11 is 0. The van der Waals surface area contributed by atoms with Crippen LogP contribution in [-0.2, 0) is 11.3 Å². The second-order valence-corrected chi connectivity index (χ2v) is 5.23. The van der Waals surface area contributed by atoms with Crippen LogP contribution >= 0.6 is 0 Å². The fourth-order valence-corrected chi connectivity index (χ4v) is 2.57. The fraction of sp³-hybridized carbons (Fsp3) is 0.562. The van der Waals surface area contributed by atoms with Crippen LogP contribution in [0.4, 0.5) is 10.5 Å². The number of hydrogen-bond acceptors (Lipinski definition) is 2. The van der Waals surface area contributed by atoms with Gasteiger partial charge in [0, 0.05) is 23.9 Å². The Labute approximate surface area is 120 Å². The molecule has 4 nitrogen and oxygen atoms in total. The van der Waals surface area contributed by atoms with Crippen molar-refractivity contribution in [2.45, 2.75) is 51.7 Å². The minimum Gasteiger partial charge on any atom is -0.377 e. The van der Waals surface area contributed by atoms with Crippen molar-refractivity contribution in [1.29, 1.82) is 0 Å². The molecule has 0 radical (unpaired) electrons. The molecule has 0 bridgehead atoms. The zero-order valence-electron chi connectivity index (χ0n) is 12.2. The Hall–Kier alpha value is -1.55. The number of carbonyl (C=O) groups is 1. The van der Waals surface area contributed by atoms with Crippen molar-refractivity contribution in [3.8, 4) is 0 Å². The molecule has 0 spiro atoms. The lowest BCUT2D eigenvalue weighted by atomic mass is 9.96. The Morgan fingerprint density at radius 3 is 2.75 bits per heavy atom. The summed E-state index contributed by atoms with van der Waals surface area (Å²) in [6.07, 6.45) is 5.90. The summed E-state index contributed by atoms with van der Waals surface area (Å²) in [5.74, 6) is 0. The zero-order valence-corrected chi connectivity index (χ0v) is 12.2. The van der Waals surface area contributed by atoms with E-state index < -0.39 is 0 Å². The van der Waals surface area contributed by atoms with E-state index in [9.17, 15) is 4.79 Å². The van der Waals surface area contributed by atoms with Crippen molar-refractivity contribution in [3.05, 3.63) is 29.8 Å². The van der Waals surface area contributed by atoms with Crippen molar-refractivity contribution in [3.63, 3.8) is 0 Å². The van der Waals surface area contributed by atoms with Crippen molar-refractivity contribution >= 4 is 11.7 Å². The van der Waals surface area contributed by atoms with E-state index in [4.69, 9.17) is 4.74 Å². The van der Waals surface area contributed by atoms with Gasteiger partial charge in [0.1, 0.15) is 0 Å². The lowest BCUT2D eigenvalue weighted by molar-refractivity contribution is 0.134. The number of anilines is 1. The van der Waals surface area contributed by atoms with Crippen molar-refractivity contribution in [2.24, 2.45) is 0 Å². The highest BCUT2D eigenvalue weighted by atomic mass is 16.5. The third kappa shape index (κ3) is 4.53. The maximum absolute atomic E-state index is 12.0. The van der Waals surface area contributed by atoms with E-state index >= 15 is 0 Å². The first-order chi connectivity index (χ1) is 9.79. The summed E-state index contributed by atoms with van der Waals surface area (Å²) in [4.78, 5) is 12.0. The smallest absolute Gasteiger partial charge is 0.319 e. The van der Waals surface area contributed by atoms with Gasteiger partial charge in [-0.15, -0.1) is 0 Å². The molecule has 2 rings (SSSR count). The number of benzene rings is 1. The molecule has 0 aliphatic heterocycles. The zero-order chi connectivity index (χ0) is 14.2. The van der Waals surface area contributed by atoms with Crippen LogP contribution in [0.25, 0.3) is 0 Å². The lowest BCUT2D eigenvalue weighted by Gasteiger charge is -2.23. The number of amides is 2. The van der Waals surface area contributed by atoms with E-state index in [-0.39, 0.29) is 6.03 Å². The first kappa shape index (κ1) is 14.9.